The molecule has 19 heavy (non-hydrogen) atoms. The number of phenolic OH excluding ortho intramolecular Hbond substituents is 1. The summed E-state index contributed by atoms with van der Waals surface area (Å²) in [6.45, 7) is 6.25. The molecule has 1 aromatic carbocycles. The number of hydrogen-bond donors (Lipinski definition) is 3. The molecule has 3 N–H and O–H groups in total. The van der Waals surface area contributed by atoms with Gasteiger partial charge in [-0.3, -0.25) is 0 Å². The molecule has 5 nitrogen and oxygen atoms in total. The van der Waals surface area contributed by atoms with Crippen molar-refractivity contribution in [2.75, 3.05) is 13.2 Å². The molecule has 0 unspecified atom stereocenters. The van der Waals surface area contributed by atoms with E-state index in [0.717, 1.165) is 0 Å². The average molecular weight is 267 g/mol. The van der Waals surface area contributed by atoms with Gasteiger partial charge in [0.05, 0.1) is 5.56 Å². The Hall–Kier alpha value is -1.59. The predicted molar refractivity (Wildman–Crippen MR) is 72.2 cm³/mol. The quantitative estimate of drug-likeness (QED) is 0.701. The highest BCUT2D eigenvalue weighted by Crippen LogP contribution is 2.10. The largest absolute Gasteiger partial charge is 0.508 e. The molecule has 0 aromatic heterocycles. The summed E-state index contributed by atoms with van der Waals surface area (Å²) in [5, 5.41) is 21.9. The van der Waals surface area contributed by atoms with Crippen molar-refractivity contribution in [2.24, 2.45) is 0 Å². The van der Waals surface area contributed by atoms with E-state index in [4.69, 9.17) is 9.84 Å². The zero-order valence-electron chi connectivity index (χ0n) is 11.5. The minimum atomic E-state index is -0.750. The number of phenols is 1. The van der Waals surface area contributed by atoms with E-state index >= 15 is 0 Å². The first kappa shape index (κ1) is 15.5. The Morgan fingerprint density at radius 1 is 1.32 bits per heavy atom. The van der Waals surface area contributed by atoms with Crippen LogP contribution < -0.4 is 5.32 Å². The Morgan fingerprint density at radius 3 is 2.42 bits per heavy atom. The van der Waals surface area contributed by atoms with Crippen LogP contribution in [0, 0.1) is 0 Å². The number of ether oxygens (including phenoxy) is 1. The average Bonchev–Trinajstić information content (AvgIpc) is 2.33. The number of aromatic hydroxyl groups is 1. The molecule has 5 heteroatoms. The van der Waals surface area contributed by atoms with Gasteiger partial charge in [-0.25, -0.2) is 4.79 Å². The maximum absolute atomic E-state index is 11.6. The van der Waals surface area contributed by atoms with Crippen molar-refractivity contribution < 1.29 is 19.7 Å². The van der Waals surface area contributed by atoms with Crippen LogP contribution in [0.4, 0.5) is 0 Å². The summed E-state index contributed by atoms with van der Waals surface area (Å²) < 4.78 is 4.98. The summed E-state index contributed by atoms with van der Waals surface area (Å²) in [7, 11) is 0. The number of nitrogens with one attached hydrogen (secondary N) is 1. The van der Waals surface area contributed by atoms with Gasteiger partial charge < -0.3 is 20.3 Å². The summed E-state index contributed by atoms with van der Waals surface area (Å²) >= 11 is 0. The minimum Gasteiger partial charge on any atom is -0.508 e. The zero-order chi connectivity index (χ0) is 14.5. The standard InChI is InChI=1S/C14H21NO4/c1-14(2,3)15-8-12(17)9-19-13(18)10-4-6-11(16)7-5-10/h4-7,12,15-17H,8-9H2,1-3H3/t12-/m1/s1. The van der Waals surface area contributed by atoms with Crippen LogP contribution in [0.1, 0.15) is 31.1 Å². The molecule has 0 spiro atoms. The zero-order valence-corrected chi connectivity index (χ0v) is 11.5. The number of hydrogen-bond acceptors (Lipinski definition) is 5. The van der Waals surface area contributed by atoms with Crippen molar-refractivity contribution in [3.8, 4) is 5.75 Å². The van der Waals surface area contributed by atoms with Crippen molar-refractivity contribution >= 4 is 5.97 Å². The molecule has 0 heterocycles. The highest BCUT2D eigenvalue weighted by Gasteiger charge is 2.14. The van der Waals surface area contributed by atoms with Gasteiger partial charge in [0.25, 0.3) is 0 Å². The Bertz CT molecular complexity index is 408. The third-order valence-electron chi connectivity index (χ3n) is 2.38. The Morgan fingerprint density at radius 2 is 1.89 bits per heavy atom. The molecule has 0 bridgehead atoms. The maximum atomic E-state index is 11.6. The molecule has 0 fully saturated rings. The second kappa shape index (κ2) is 6.54. The van der Waals surface area contributed by atoms with Crippen molar-refractivity contribution in [1.82, 2.24) is 5.32 Å². The number of rotatable bonds is 5. The van der Waals surface area contributed by atoms with Gasteiger partial charge in [-0.1, -0.05) is 0 Å². The van der Waals surface area contributed by atoms with Gasteiger partial charge in [0.1, 0.15) is 18.5 Å². The van der Waals surface area contributed by atoms with Crippen molar-refractivity contribution in [3.05, 3.63) is 29.8 Å². The molecular weight excluding hydrogens is 246 g/mol. The summed E-state index contributed by atoms with van der Waals surface area (Å²) in [6.07, 6.45) is -0.750. The van der Waals surface area contributed by atoms with Crippen LogP contribution in [-0.4, -0.2) is 41.0 Å². The number of aliphatic hydroxyl groups excluding tert-OH is 1. The molecule has 1 rings (SSSR count). The lowest BCUT2D eigenvalue weighted by atomic mass is 10.1. The Labute approximate surface area is 113 Å². The first-order chi connectivity index (χ1) is 8.78. The Kier molecular flexibility index (Phi) is 5.32. The van der Waals surface area contributed by atoms with Gasteiger partial charge in [-0.05, 0) is 45.0 Å². The second-order valence-corrected chi connectivity index (χ2v) is 5.43. The van der Waals surface area contributed by atoms with Crippen molar-refractivity contribution in [1.29, 1.82) is 0 Å². The van der Waals surface area contributed by atoms with E-state index in [2.05, 4.69) is 5.32 Å². The van der Waals surface area contributed by atoms with E-state index in [1.54, 1.807) is 0 Å². The van der Waals surface area contributed by atoms with E-state index in [9.17, 15) is 9.90 Å². The van der Waals surface area contributed by atoms with Gasteiger partial charge in [0.15, 0.2) is 0 Å². The van der Waals surface area contributed by atoms with Gasteiger partial charge in [0.2, 0.25) is 0 Å². The lowest BCUT2D eigenvalue weighted by molar-refractivity contribution is 0.0247. The molecule has 0 aliphatic heterocycles. The number of β-amino-alcohol motifs (C(OH)–C–C–N with tert-alkyl or cyclic N) is 1. The highest BCUT2D eigenvalue weighted by atomic mass is 16.5. The van der Waals surface area contributed by atoms with Gasteiger partial charge in [-0.15, -0.1) is 0 Å². The molecule has 1 atom stereocenters. The van der Waals surface area contributed by atoms with Crippen LogP contribution >= 0.6 is 0 Å². The van der Waals surface area contributed by atoms with Gasteiger partial charge >= 0.3 is 5.97 Å². The van der Waals surface area contributed by atoms with Crippen LogP contribution in [0.3, 0.4) is 0 Å². The summed E-state index contributed by atoms with van der Waals surface area (Å²) in [5.41, 5.74) is 0.246. The van der Waals surface area contributed by atoms with Crippen LogP contribution in [-0.2, 0) is 4.74 Å². The topological polar surface area (TPSA) is 78.8 Å². The van der Waals surface area contributed by atoms with Crippen LogP contribution in [0.15, 0.2) is 24.3 Å². The fourth-order valence-electron chi connectivity index (χ4n) is 1.34. The normalized spacial score (nSPS) is 13.1. The van der Waals surface area contributed by atoms with E-state index < -0.39 is 12.1 Å². The summed E-state index contributed by atoms with van der Waals surface area (Å²) in [6, 6.07) is 5.76. The number of carbonyl (C=O) groups is 1. The summed E-state index contributed by atoms with van der Waals surface area (Å²) in [4.78, 5) is 11.6. The molecule has 1 aromatic rings. The fourth-order valence-corrected chi connectivity index (χ4v) is 1.34. The highest BCUT2D eigenvalue weighted by molar-refractivity contribution is 5.89. The van der Waals surface area contributed by atoms with Crippen LogP contribution in [0.25, 0.3) is 0 Å². The van der Waals surface area contributed by atoms with E-state index in [-0.39, 0.29) is 17.9 Å². The number of aliphatic hydroxyl groups is 1. The number of esters is 1. The van der Waals surface area contributed by atoms with Crippen molar-refractivity contribution in [2.45, 2.75) is 32.4 Å². The SMILES string of the molecule is CC(C)(C)NC[C@@H](O)COC(=O)c1ccc(O)cc1. The molecule has 106 valence electrons. The molecular formula is C14H21NO4. The first-order valence-corrected chi connectivity index (χ1v) is 6.17. The molecule has 0 aliphatic carbocycles. The first-order valence-electron chi connectivity index (χ1n) is 6.17. The minimum absolute atomic E-state index is 0.0667. The van der Waals surface area contributed by atoms with Gasteiger partial charge in [0, 0.05) is 12.1 Å². The molecule has 0 saturated heterocycles. The molecule has 0 saturated carbocycles. The number of carbonyl (C=O) groups excluding carboxylic acids is 1. The lowest BCUT2D eigenvalue weighted by Gasteiger charge is -2.22. The second-order valence-electron chi connectivity index (χ2n) is 5.43. The third-order valence-corrected chi connectivity index (χ3v) is 2.38. The monoisotopic (exact) mass is 267 g/mol. The van der Waals surface area contributed by atoms with Crippen LogP contribution in [0.2, 0.25) is 0 Å². The molecule has 0 radical (unpaired) electrons. The van der Waals surface area contributed by atoms with Crippen molar-refractivity contribution in [3.63, 3.8) is 0 Å². The van der Waals surface area contributed by atoms with Gasteiger partial charge in [-0.2, -0.15) is 0 Å². The molecule has 0 aliphatic rings. The Balaban J connectivity index is 2.36. The summed E-state index contributed by atoms with van der Waals surface area (Å²) in [5.74, 6) is -0.430. The van der Waals surface area contributed by atoms with E-state index in [1.165, 1.54) is 24.3 Å². The van der Waals surface area contributed by atoms with Crippen LogP contribution in [0.5, 0.6) is 5.75 Å². The molecule has 0 amide bonds. The fraction of sp³-hybridized carbons (Fsp3) is 0.500. The number of benzene rings is 1. The smallest absolute Gasteiger partial charge is 0.338 e. The predicted octanol–water partition coefficient (Wildman–Crippen LogP) is 1.30. The van der Waals surface area contributed by atoms with E-state index in [1.807, 2.05) is 20.8 Å². The lowest BCUT2D eigenvalue weighted by Crippen LogP contribution is -2.42. The maximum Gasteiger partial charge on any atom is 0.338 e. The van der Waals surface area contributed by atoms with E-state index in [0.29, 0.717) is 12.1 Å². The third kappa shape index (κ3) is 6.22.